The maximum Gasteiger partial charge on any atom is 0.480 e. The highest BCUT2D eigenvalue weighted by molar-refractivity contribution is 8.13. The largest absolute Gasteiger partial charge is 0.480 e. The lowest BCUT2D eigenvalue weighted by atomic mass is 10.2. The first-order valence-corrected chi connectivity index (χ1v) is 12.1. The molecule has 0 radical (unpaired) electrons. The molecule has 196 valence electrons. The fourth-order valence-corrected chi connectivity index (χ4v) is 3.64. The number of nitrogens with zero attached hydrogens (tertiary/aromatic N) is 2. The van der Waals surface area contributed by atoms with Crippen molar-refractivity contribution >= 4 is 31.6 Å². The van der Waals surface area contributed by atoms with Crippen LogP contribution in [0.4, 0.5) is 26.3 Å². The van der Waals surface area contributed by atoms with Crippen molar-refractivity contribution in [3.8, 4) is 0 Å². The minimum atomic E-state index is -6.72. The molecule has 8 nitrogen and oxygen atoms in total. The molecule has 1 aromatic heterocycles. The maximum atomic E-state index is 11.4. The number of ether oxygens (including phenoxy) is 1. The van der Waals surface area contributed by atoms with E-state index in [-0.39, 0.29) is 0 Å². The number of halogens is 7. The third kappa shape index (κ3) is 10.4. The third-order valence-corrected chi connectivity index (χ3v) is 6.42. The van der Waals surface area contributed by atoms with E-state index in [1.807, 2.05) is 55.7 Å². The molecule has 0 aliphatic carbocycles. The molecule has 0 saturated heterocycles. The first kappa shape index (κ1) is 30.6. The van der Waals surface area contributed by atoms with E-state index in [4.69, 9.17) is 21.2 Å². The lowest BCUT2D eigenvalue weighted by molar-refractivity contribution is -0.880. The number of hydrogen-bond donors (Lipinski definition) is 0. The van der Waals surface area contributed by atoms with Crippen molar-refractivity contribution < 1.29 is 57.5 Å². The molecule has 1 aromatic carbocycles. The molecule has 17 heteroatoms. The molecule has 0 amide bonds. The van der Waals surface area contributed by atoms with E-state index < -0.39 is 31.1 Å². The predicted molar refractivity (Wildman–Crippen MR) is 112 cm³/mol. The molecule has 0 aliphatic heterocycles. The summed E-state index contributed by atoms with van der Waals surface area (Å²) in [5.41, 5.74) is -10.2. The summed E-state index contributed by atoms with van der Waals surface area (Å²) >= 11 is 5.82. The summed E-state index contributed by atoms with van der Waals surface area (Å²) in [6, 6.07) is 11.5. The highest BCUT2D eigenvalue weighted by Gasteiger charge is 2.46. The summed E-state index contributed by atoms with van der Waals surface area (Å²) in [6.45, 7) is 6.69. The Morgan fingerprint density at radius 1 is 0.943 bits per heavy atom. The van der Waals surface area contributed by atoms with E-state index in [1.54, 1.807) is 4.73 Å². The Morgan fingerprint density at radius 3 is 1.83 bits per heavy atom. The minimum absolute atomic E-state index is 0.337. The third-order valence-electron chi connectivity index (χ3n) is 3.43. The summed E-state index contributed by atoms with van der Waals surface area (Å²) in [5, 5.41) is 0.720. The van der Waals surface area contributed by atoms with Crippen LogP contribution in [0.2, 0.25) is 5.02 Å². The van der Waals surface area contributed by atoms with Gasteiger partial charge in [0.25, 0.3) is 0 Å². The van der Waals surface area contributed by atoms with Crippen LogP contribution in [-0.4, -0.2) is 34.5 Å². The summed E-state index contributed by atoms with van der Waals surface area (Å²) in [7, 11) is -13.4. The Bertz CT molecular complexity index is 1160. The SMILES string of the molecule is C=C(COCc1ccc(Cl)cc1)O[n+]1ccc(C)cc1.O=S(=O)([N-]S(=O)(=O)C(F)(F)F)C(F)(F)F. The number of pyridine rings is 1. The van der Waals surface area contributed by atoms with Crippen LogP contribution < -0.4 is 9.57 Å². The van der Waals surface area contributed by atoms with E-state index in [0.29, 0.717) is 19.0 Å². The summed E-state index contributed by atoms with van der Waals surface area (Å²) < 4.78 is 116. The molecule has 0 unspecified atom stereocenters. The van der Waals surface area contributed by atoms with Gasteiger partial charge in [0.05, 0.1) is 6.61 Å². The van der Waals surface area contributed by atoms with Crippen molar-refractivity contribution in [2.24, 2.45) is 0 Å². The molecule has 0 saturated carbocycles. The van der Waals surface area contributed by atoms with Gasteiger partial charge in [-0.2, -0.15) is 26.3 Å². The average Bonchev–Trinajstić information content (AvgIpc) is 2.69. The van der Waals surface area contributed by atoms with Gasteiger partial charge in [-0.05, 0) is 30.2 Å². The number of aryl methyl sites for hydroxylation is 1. The first-order valence-electron chi connectivity index (χ1n) is 8.87. The monoisotopic (exact) mass is 570 g/mol. The molecular formula is C18H17ClF6N2O6S2. The smallest absolute Gasteiger partial charge is 0.421 e. The van der Waals surface area contributed by atoms with Crippen molar-refractivity contribution in [1.29, 1.82) is 0 Å². The fraction of sp³-hybridized carbons (Fsp3) is 0.278. The van der Waals surface area contributed by atoms with Gasteiger partial charge >= 0.3 is 11.0 Å². The molecule has 0 bridgehead atoms. The van der Waals surface area contributed by atoms with Gasteiger partial charge in [-0.3, -0.25) is 0 Å². The van der Waals surface area contributed by atoms with Crippen LogP contribution in [-0.2, 0) is 31.4 Å². The van der Waals surface area contributed by atoms with Crippen LogP contribution in [0.3, 0.4) is 0 Å². The van der Waals surface area contributed by atoms with Gasteiger partial charge in [0, 0.05) is 21.9 Å². The zero-order valence-corrected chi connectivity index (χ0v) is 19.9. The normalized spacial score (nSPS) is 12.5. The quantitative estimate of drug-likeness (QED) is 0.268. The van der Waals surface area contributed by atoms with Crippen molar-refractivity contribution in [1.82, 2.24) is 0 Å². The molecule has 0 N–H and O–H groups in total. The predicted octanol–water partition coefficient (Wildman–Crippen LogP) is 4.15. The molecule has 2 aromatic rings. The molecule has 0 aliphatic rings. The zero-order chi connectivity index (χ0) is 27.1. The zero-order valence-electron chi connectivity index (χ0n) is 17.5. The highest BCUT2D eigenvalue weighted by Crippen LogP contribution is 2.36. The van der Waals surface area contributed by atoms with Gasteiger partial charge in [-0.25, -0.2) is 21.7 Å². The Balaban J connectivity index is 0.000000367. The molecule has 0 spiro atoms. The van der Waals surface area contributed by atoms with E-state index in [0.717, 1.165) is 14.7 Å². The van der Waals surface area contributed by atoms with Crippen LogP contribution in [0, 0.1) is 6.92 Å². The van der Waals surface area contributed by atoms with Gasteiger partial charge < -0.3 is 8.86 Å². The van der Waals surface area contributed by atoms with E-state index in [9.17, 15) is 43.2 Å². The summed E-state index contributed by atoms with van der Waals surface area (Å²) in [6.07, 6.45) is 3.67. The first-order chi connectivity index (χ1) is 15.8. The van der Waals surface area contributed by atoms with Crippen LogP contribution in [0.5, 0.6) is 0 Å². The number of hydrogen-bond acceptors (Lipinski definition) is 6. The number of benzene rings is 1. The summed E-state index contributed by atoms with van der Waals surface area (Å²) in [4.78, 5) is 5.50. The molecule has 2 rings (SSSR count). The minimum Gasteiger partial charge on any atom is -0.421 e. The molecule has 1 heterocycles. The van der Waals surface area contributed by atoms with Crippen molar-refractivity contribution in [2.75, 3.05) is 6.61 Å². The second-order valence-electron chi connectivity index (χ2n) is 6.40. The second kappa shape index (κ2) is 12.0. The summed E-state index contributed by atoms with van der Waals surface area (Å²) in [5.74, 6) is 0.549. The fourth-order valence-electron chi connectivity index (χ4n) is 1.80. The van der Waals surface area contributed by atoms with Gasteiger partial charge in [0.1, 0.15) is 6.61 Å². The molecule has 0 fully saturated rings. The number of aromatic nitrogens is 1. The highest BCUT2D eigenvalue weighted by atomic mass is 35.5. The van der Waals surface area contributed by atoms with Gasteiger partial charge in [0.2, 0.25) is 12.4 Å². The van der Waals surface area contributed by atoms with Crippen LogP contribution >= 0.6 is 11.6 Å². The van der Waals surface area contributed by atoms with Crippen LogP contribution in [0.1, 0.15) is 11.1 Å². The second-order valence-corrected chi connectivity index (χ2v) is 10.3. The number of sulfonamides is 2. The Kier molecular flexibility index (Phi) is 10.5. The molecule has 35 heavy (non-hydrogen) atoms. The average molecular weight is 571 g/mol. The van der Waals surface area contributed by atoms with Crippen molar-refractivity contribution in [3.63, 3.8) is 0 Å². The Hall–Kier alpha value is -2.40. The Morgan fingerprint density at radius 2 is 1.40 bits per heavy atom. The van der Waals surface area contributed by atoms with Gasteiger partial charge in [-0.15, -0.1) is 0 Å². The van der Waals surface area contributed by atoms with Crippen molar-refractivity contribution in [3.05, 3.63) is 81.4 Å². The van der Waals surface area contributed by atoms with Crippen LogP contribution in [0.15, 0.2) is 61.1 Å². The lowest BCUT2D eigenvalue weighted by Crippen LogP contribution is -2.41. The van der Waals surface area contributed by atoms with Crippen molar-refractivity contribution in [2.45, 2.75) is 24.5 Å². The molecule has 0 atom stereocenters. The number of alkyl halides is 6. The van der Waals surface area contributed by atoms with Gasteiger partial charge in [0.15, 0.2) is 25.8 Å². The number of rotatable bonds is 8. The standard InChI is InChI=1S/C16H17ClNO2.C2F6NO4S2/c1-13-7-9-18(10-8-13)20-14(2)11-19-12-15-3-5-16(17)6-4-15;3-1(4,5)14(10,11)9-15(12,13)2(6,7)8/h3-10H,2,11-12H2,1H3;/q+1;-1. The van der Waals surface area contributed by atoms with Crippen LogP contribution in [0.25, 0.3) is 4.13 Å². The maximum absolute atomic E-state index is 11.4. The van der Waals surface area contributed by atoms with Gasteiger partial charge in [-0.1, -0.05) is 30.3 Å². The lowest BCUT2D eigenvalue weighted by Gasteiger charge is -2.22. The molecular weight excluding hydrogens is 554 g/mol. The van der Waals surface area contributed by atoms with E-state index >= 15 is 0 Å². The van der Waals surface area contributed by atoms with E-state index in [2.05, 4.69) is 6.58 Å². The van der Waals surface area contributed by atoms with E-state index in [1.165, 1.54) is 5.56 Å². The topological polar surface area (TPSA) is 105 Å². The Labute approximate surface area is 201 Å².